The van der Waals surface area contributed by atoms with Crippen LogP contribution in [0, 0.1) is 11.6 Å². The number of amides is 2. The van der Waals surface area contributed by atoms with Crippen molar-refractivity contribution in [2.24, 2.45) is 0 Å². The number of nitrogens with one attached hydrogen (secondary N) is 1. The highest BCUT2D eigenvalue weighted by Crippen LogP contribution is 2.20. The van der Waals surface area contributed by atoms with Crippen molar-refractivity contribution >= 4 is 22.7 Å². The van der Waals surface area contributed by atoms with E-state index in [1.807, 2.05) is 0 Å². The number of hydrogen-bond acceptors (Lipinski definition) is 2. The van der Waals surface area contributed by atoms with Gasteiger partial charge in [-0.25, -0.2) is 8.78 Å². The van der Waals surface area contributed by atoms with Gasteiger partial charge in [-0.3, -0.25) is 9.59 Å². The van der Waals surface area contributed by atoms with E-state index in [4.69, 9.17) is 0 Å². The topological polar surface area (TPSA) is 56.4 Å². The number of hydrogen-bond donors (Lipinski definition) is 1. The Kier molecular flexibility index (Phi) is 4.81. The molecule has 5 nitrogen and oxygen atoms in total. The lowest BCUT2D eigenvalue weighted by molar-refractivity contribution is 0.0714. The minimum Gasteiger partial charge on any atom is -0.350 e. The van der Waals surface area contributed by atoms with E-state index in [0.29, 0.717) is 49.2 Å². The molecule has 2 aromatic carbocycles. The molecule has 3 aromatic rings. The largest absolute Gasteiger partial charge is 0.350 e. The fraction of sp³-hybridized carbons (Fsp3) is 0.238. The minimum atomic E-state index is -0.551. The summed E-state index contributed by atoms with van der Waals surface area (Å²) in [5, 5.41) is 0.372. The maximum Gasteiger partial charge on any atom is 0.270 e. The maximum absolute atomic E-state index is 13.9. The lowest BCUT2D eigenvalue weighted by Crippen LogP contribution is -2.37. The van der Waals surface area contributed by atoms with Gasteiger partial charge in [0.2, 0.25) is 0 Å². The molecule has 28 heavy (non-hydrogen) atoms. The molecule has 4 rings (SSSR count). The third-order valence-corrected chi connectivity index (χ3v) is 5.02. The third kappa shape index (κ3) is 3.35. The predicted octanol–water partition coefficient (Wildman–Crippen LogP) is 3.43. The Labute approximate surface area is 160 Å². The van der Waals surface area contributed by atoms with Crippen LogP contribution in [0.5, 0.6) is 0 Å². The van der Waals surface area contributed by atoms with Crippen LogP contribution in [0.3, 0.4) is 0 Å². The van der Waals surface area contributed by atoms with Crippen LogP contribution >= 0.6 is 0 Å². The van der Waals surface area contributed by atoms with E-state index in [-0.39, 0.29) is 23.2 Å². The van der Waals surface area contributed by atoms with Gasteiger partial charge in [0.15, 0.2) is 0 Å². The zero-order chi connectivity index (χ0) is 19.7. The van der Waals surface area contributed by atoms with Crippen LogP contribution in [0.1, 0.15) is 27.3 Å². The number of carbonyl (C=O) groups is 2. The molecule has 1 N–H and O–H groups in total. The van der Waals surface area contributed by atoms with Crippen LogP contribution in [0.4, 0.5) is 8.78 Å². The molecule has 0 atom stereocenters. The Morgan fingerprint density at radius 1 is 0.821 bits per heavy atom. The number of nitrogens with zero attached hydrogens (tertiary/aromatic N) is 2. The highest BCUT2D eigenvalue weighted by atomic mass is 19.1. The Hall–Kier alpha value is -3.22. The molecule has 7 heteroatoms. The van der Waals surface area contributed by atoms with Crippen LogP contribution in [-0.4, -0.2) is 52.8 Å². The van der Waals surface area contributed by atoms with Gasteiger partial charge < -0.3 is 14.8 Å². The van der Waals surface area contributed by atoms with Crippen molar-refractivity contribution in [2.45, 2.75) is 6.42 Å². The van der Waals surface area contributed by atoms with Crippen molar-refractivity contribution < 1.29 is 18.4 Å². The van der Waals surface area contributed by atoms with E-state index in [1.54, 1.807) is 28.0 Å². The lowest BCUT2D eigenvalue weighted by Gasteiger charge is -2.22. The normalized spacial score (nSPS) is 14.9. The van der Waals surface area contributed by atoms with Crippen molar-refractivity contribution in [2.75, 3.05) is 26.2 Å². The molecule has 0 aliphatic carbocycles. The van der Waals surface area contributed by atoms with E-state index < -0.39 is 5.82 Å². The number of benzene rings is 2. The van der Waals surface area contributed by atoms with Gasteiger partial charge in [-0.1, -0.05) is 18.2 Å². The Bertz CT molecular complexity index is 1050. The Balaban J connectivity index is 1.49. The molecular formula is C21H19F2N3O2. The van der Waals surface area contributed by atoms with Crippen molar-refractivity contribution in [3.8, 4) is 0 Å². The summed E-state index contributed by atoms with van der Waals surface area (Å²) in [5.74, 6) is -1.55. The van der Waals surface area contributed by atoms with Crippen LogP contribution < -0.4 is 0 Å². The Morgan fingerprint density at radius 3 is 2.21 bits per heavy atom. The lowest BCUT2D eigenvalue weighted by atomic mass is 10.2. The summed E-state index contributed by atoms with van der Waals surface area (Å²) in [4.78, 5) is 31.6. The van der Waals surface area contributed by atoms with E-state index in [2.05, 4.69) is 4.98 Å². The first-order chi connectivity index (χ1) is 13.5. The van der Waals surface area contributed by atoms with Gasteiger partial charge in [0, 0.05) is 37.1 Å². The highest BCUT2D eigenvalue weighted by molar-refractivity contribution is 5.98. The molecule has 144 valence electrons. The molecule has 2 heterocycles. The Morgan fingerprint density at radius 2 is 1.50 bits per heavy atom. The number of aromatic amines is 1. The molecular weight excluding hydrogens is 364 g/mol. The summed E-state index contributed by atoms with van der Waals surface area (Å²) >= 11 is 0. The number of rotatable bonds is 2. The van der Waals surface area contributed by atoms with Crippen LogP contribution in [0.2, 0.25) is 0 Å². The number of aromatic nitrogens is 1. The summed E-state index contributed by atoms with van der Waals surface area (Å²) in [5.41, 5.74) is 0.914. The maximum atomic E-state index is 13.9. The van der Waals surface area contributed by atoms with Gasteiger partial charge in [-0.05, 0) is 36.8 Å². The second kappa shape index (κ2) is 7.42. The van der Waals surface area contributed by atoms with Crippen LogP contribution in [0.25, 0.3) is 10.9 Å². The summed E-state index contributed by atoms with van der Waals surface area (Å²) in [6.07, 6.45) is 0.584. The van der Waals surface area contributed by atoms with E-state index >= 15 is 0 Å². The smallest absolute Gasteiger partial charge is 0.270 e. The van der Waals surface area contributed by atoms with Gasteiger partial charge in [0.1, 0.15) is 17.3 Å². The van der Waals surface area contributed by atoms with Gasteiger partial charge in [-0.2, -0.15) is 0 Å². The van der Waals surface area contributed by atoms with Crippen molar-refractivity contribution in [3.05, 3.63) is 71.4 Å². The van der Waals surface area contributed by atoms with E-state index in [9.17, 15) is 18.4 Å². The summed E-state index contributed by atoms with van der Waals surface area (Å²) < 4.78 is 27.8. The fourth-order valence-electron chi connectivity index (χ4n) is 3.53. The molecule has 0 spiro atoms. The van der Waals surface area contributed by atoms with Gasteiger partial charge in [0.25, 0.3) is 11.8 Å². The number of carbonyl (C=O) groups excluding carboxylic acids is 2. The minimum absolute atomic E-state index is 0.0355. The first kappa shape index (κ1) is 18.2. The van der Waals surface area contributed by atoms with Crippen LogP contribution in [-0.2, 0) is 0 Å². The van der Waals surface area contributed by atoms with Gasteiger partial charge in [0.05, 0.1) is 5.56 Å². The molecule has 1 fully saturated rings. The SMILES string of the molecule is O=C(c1cc2c(F)cccc2[nH]1)N1CCCN(C(=O)c2ccccc2F)CC1. The second-order valence-corrected chi connectivity index (χ2v) is 6.80. The van der Waals surface area contributed by atoms with Gasteiger partial charge >= 0.3 is 0 Å². The second-order valence-electron chi connectivity index (χ2n) is 6.80. The molecule has 0 unspecified atom stereocenters. The molecule has 0 radical (unpaired) electrons. The van der Waals surface area contributed by atoms with Crippen molar-refractivity contribution in [3.63, 3.8) is 0 Å². The molecule has 0 saturated carbocycles. The fourth-order valence-corrected chi connectivity index (χ4v) is 3.53. The van der Waals surface area contributed by atoms with E-state index in [1.165, 1.54) is 30.3 Å². The predicted molar refractivity (Wildman–Crippen MR) is 101 cm³/mol. The number of halogens is 2. The molecule has 0 bridgehead atoms. The number of fused-ring (bicyclic) bond motifs is 1. The molecule has 1 aliphatic heterocycles. The standard InChI is InChI=1S/C21H19F2N3O2/c22-16-6-2-1-5-14(16)20(27)25-9-4-10-26(12-11-25)21(28)19-13-15-17(23)7-3-8-18(15)24-19/h1-3,5-8,13,24H,4,9-12H2. The summed E-state index contributed by atoms with van der Waals surface area (Å²) in [6.45, 7) is 1.56. The van der Waals surface area contributed by atoms with Crippen molar-refractivity contribution in [1.82, 2.24) is 14.8 Å². The molecule has 2 amide bonds. The number of H-pyrrole nitrogens is 1. The summed E-state index contributed by atoms with van der Waals surface area (Å²) in [6, 6.07) is 12.0. The first-order valence-electron chi connectivity index (χ1n) is 9.15. The van der Waals surface area contributed by atoms with Gasteiger partial charge in [-0.15, -0.1) is 0 Å². The van der Waals surface area contributed by atoms with Crippen LogP contribution in [0.15, 0.2) is 48.5 Å². The monoisotopic (exact) mass is 383 g/mol. The average molecular weight is 383 g/mol. The molecule has 1 aromatic heterocycles. The molecule has 1 saturated heterocycles. The summed E-state index contributed by atoms with van der Waals surface area (Å²) in [7, 11) is 0. The third-order valence-electron chi connectivity index (χ3n) is 5.02. The highest BCUT2D eigenvalue weighted by Gasteiger charge is 2.25. The van der Waals surface area contributed by atoms with Crippen molar-refractivity contribution in [1.29, 1.82) is 0 Å². The molecule has 1 aliphatic rings. The van der Waals surface area contributed by atoms with E-state index in [0.717, 1.165) is 0 Å². The zero-order valence-corrected chi connectivity index (χ0v) is 15.1. The quantitative estimate of drug-likeness (QED) is 0.737. The average Bonchev–Trinajstić information content (AvgIpc) is 2.99. The first-order valence-corrected chi connectivity index (χ1v) is 9.15. The zero-order valence-electron chi connectivity index (χ0n) is 15.1.